The average Bonchev–Trinajstić information content (AvgIpc) is 2.40. The number of carbonyl (C=O) groups excluding carboxylic acids is 3. The standard InChI is InChI=1S/C10H20N4O4/c1-10(8(16)13-11,9(17)14-12)6-4-3-5-7(15)18-2/h3-6,11-12H2,1-2H3,(H,13,16)(H,14,17). The third-order valence-electron chi connectivity index (χ3n) is 2.80. The predicted octanol–water partition coefficient (Wildman–Crippen LogP) is -1.29. The van der Waals surface area contributed by atoms with Gasteiger partial charge in [-0.2, -0.15) is 0 Å². The molecule has 0 atom stereocenters. The highest BCUT2D eigenvalue weighted by molar-refractivity contribution is 6.04. The van der Waals surface area contributed by atoms with E-state index in [4.69, 9.17) is 11.7 Å². The Morgan fingerprint density at radius 2 is 1.61 bits per heavy atom. The van der Waals surface area contributed by atoms with E-state index in [1.54, 1.807) is 0 Å². The maximum absolute atomic E-state index is 11.6. The van der Waals surface area contributed by atoms with Crippen LogP contribution in [0.15, 0.2) is 0 Å². The number of hydrogen-bond acceptors (Lipinski definition) is 6. The Kier molecular flexibility index (Phi) is 6.91. The summed E-state index contributed by atoms with van der Waals surface area (Å²) in [5, 5.41) is 0. The number of rotatable bonds is 7. The highest BCUT2D eigenvalue weighted by Crippen LogP contribution is 2.25. The minimum absolute atomic E-state index is 0.232. The van der Waals surface area contributed by atoms with Gasteiger partial charge in [-0.15, -0.1) is 0 Å². The summed E-state index contributed by atoms with van der Waals surface area (Å²) < 4.78 is 4.48. The van der Waals surface area contributed by atoms with Gasteiger partial charge in [-0.05, 0) is 19.8 Å². The molecule has 0 aliphatic heterocycles. The first kappa shape index (κ1) is 16.3. The van der Waals surface area contributed by atoms with Crippen LogP contribution in [0.1, 0.15) is 32.6 Å². The number of nitrogens with one attached hydrogen (secondary N) is 2. The summed E-state index contributed by atoms with van der Waals surface area (Å²) in [6, 6.07) is 0. The second-order valence-corrected chi connectivity index (χ2v) is 4.06. The zero-order chi connectivity index (χ0) is 14.2. The summed E-state index contributed by atoms with van der Waals surface area (Å²) in [5.41, 5.74) is 2.52. The van der Waals surface area contributed by atoms with Crippen LogP contribution in [0.25, 0.3) is 0 Å². The first-order valence-corrected chi connectivity index (χ1v) is 5.51. The van der Waals surface area contributed by atoms with Gasteiger partial charge in [0.2, 0.25) is 11.8 Å². The number of ether oxygens (including phenoxy) is 1. The number of carbonyl (C=O) groups is 3. The lowest BCUT2D eigenvalue weighted by Gasteiger charge is -2.25. The minimum atomic E-state index is -1.35. The van der Waals surface area contributed by atoms with Crippen molar-refractivity contribution in [2.45, 2.75) is 32.6 Å². The molecule has 0 saturated carbocycles. The van der Waals surface area contributed by atoms with Gasteiger partial charge in [0.1, 0.15) is 5.41 Å². The van der Waals surface area contributed by atoms with Crippen LogP contribution in [0.2, 0.25) is 0 Å². The highest BCUT2D eigenvalue weighted by atomic mass is 16.5. The maximum Gasteiger partial charge on any atom is 0.305 e. The van der Waals surface area contributed by atoms with Crippen molar-refractivity contribution in [1.82, 2.24) is 10.9 Å². The van der Waals surface area contributed by atoms with E-state index in [9.17, 15) is 14.4 Å². The van der Waals surface area contributed by atoms with Gasteiger partial charge in [0.05, 0.1) is 7.11 Å². The number of nitrogens with two attached hydrogens (primary N) is 2. The topological polar surface area (TPSA) is 137 Å². The molecule has 0 aromatic carbocycles. The van der Waals surface area contributed by atoms with Crippen molar-refractivity contribution in [3.8, 4) is 0 Å². The zero-order valence-electron chi connectivity index (χ0n) is 10.6. The molecule has 0 bridgehead atoms. The van der Waals surface area contributed by atoms with Gasteiger partial charge < -0.3 is 4.74 Å². The van der Waals surface area contributed by atoms with Gasteiger partial charge in [0, 0.05) is 6.42 Å². The molecule has 0 unspecified atom stereocenters. The van der Waals surface area contributed by atoms with Crippen molar-refractivity contribution < 1.29 is 19.1 Å². The van der Waals surface area contributed by atoms with E-state index in [-0.39, 0.29) is 18.8 Å². The van der Waals surface area contributed by atoms with Gasteiger partial charge in [0.25, 0.3) is 0 Å². The Morgan fingerprint density at radius 1 is 1.11 bits per heavy atom. The van der Waals surface area contributed by atoms with E-state index in [0.717, 1.165) is 0 Å². The quantitative estimate of drug-likeness (QED) is 0.112. The van der Waals surface area contributed by atoms with Crippen molar-refractivity contribution in [3.63, 3.8) is 0 Å². The minimum Gasteiger partial charge on any atom is -0.469 e. The molecule has 8 heteroatoms. The van der Waals surface area contributed by atoms with Crippen LogP contribution in [0.4, 0.5) is 0 Å². The molecule has 18 heavy (non-hydrogen) atoms. The fourth-order valence-corrected chi connectivity index (χ4v) is 1.50. The molecule has 0 aliphatic carbocycles. The van der Waals surface area contributed by atoms with Crippen LogP contribution in [0.3, 0.4) is 0 Å². The molecular weight excluding hydrogens is 240 g/mol. The number of esters is 1. The Hall–Kier alpha value is -1.67. The lowest BCUT2D eigenvalue weighted by Crippen LogP contribution is -2.53. The SMILES string of the molecule is COC(=O)CCCCC(C)(C(=O)NN)C(=O)NN. The molecule has 6 N–H and O–H groups in total. The van der Waals surface area contributed by atoms with Gasteiger partial charge in [-0.25, -0.2) is 11.7 Å². The van der Waals surface area contributed by atoms with Crippen molar-refractivity contribution in [2.24, 2.45) is 17.1 Å². The normalized spacial score (nSPS) is 10.7. The first-order chi connectivity index (χ1) is 8.42. The second kappa shape index (κ2) is 7.62. The Morgan fingerprint density at radius 3 is 2.00 bits per heavy atom. The molecule has 0 aromatic rings. The lowest BCUT2D eigenvalue weighted by atomic mass is 9.83. The van der Waals surface area contributed by atoms with Gasteiger partial charge in [-0.3, -0.25) is 25.2 Å². The summed E-state index contributed by atoms with van der Waals surface area (Å²) in [6.07, 6.45) is 1.47. The number of hydrogen-bond donors (Lipinski definition) is 4. The van der Waals surface area contributed by atoms with Crippen LogP contribution in [0, 0.1) is 5.41 Å². The van der Waals surface area contributed by atoms with Gasteiger partial charge >= 0.3 is 5.97 Å². The van der Waals surface area contributed by atoms with Crippen molar-refractivity contribution in [1.29, 1.82) is 0 Å². The van der Waals surface area contributed by atoms with Crippen molar-refractivity contribution in [3.05, 3.63) is 0 Å². The Balaban J connectivity index is 4.40. The van der Waals surface area contributed by atoms with Crippen LogP contribution in [-0.2, 0) is 19.1 Å². The number of hydrazine groups is 2. The molecule has 104 valence electrons. The monoisotopic (exact) mass is 260 g/mol. The fourth-order valence-electron chi connectivity index (χ4n) is 1.50. The molecule has 0 spiro atoms. The van der Waals surface area contributed by atoms with E-state index in [1.807, 2.05) is 10.9 Å². The molecule has 0 aliphatic rings. The van der Waals surface area contributed by atoms with E-state index in [1.165, 1.54) is 14.0 Å². The molecular formula is C10H20N4O4. The molecule has 8 nitrogen and oxygen atoms in total. The summed E-state index contributed by atoms with van der Waals surface area (Å²) in [4.78, 5) is 34.0. The maximum atomic E-state index is 11.6. The largest absolute Gasteiger partial charge is 0.469 e. The smallest absolute Gasteiger partial charge is 0.305 e. The molecule has 2 amide bonds. The van der Waals surface area contributed by atoms with Crippen molar-refractivity contribution in [2.75, 3.05) is 7.11 Å². The first-order valence-electron chi connectivity index (χ1n) is 5.51. The lowest BCUT2D eigenvalue weighted by molar-refractivity contribution is -0.143. The number of unbranched alkanes of at least 4 members (excludes halogenated alkanes) is 1. The predicted molar refractivity (Wildman–Crippen MR) is 63.3 cm³/mol. The molecule has 0 rings (SSSR count). The van der Waals surface area contributed by atoms with E-state index in [2.05, 4.69) is 4.74 Å². The van der Waals surface area contributed by atoms with E-state index >= 15 is 0 Å². The van der Waals surface area contributed by atoms with Gasteiger partial charge in [-0.1, -0.05) is 6.42 Å². The second-order valence-electron chi connectivity index (χ2n) is 4.06. The van der Waals surface area contributed by atoms with Crippen LogP contribution < -0.4 is 22.5 Å². The number of amides is 2. The molecule has 0 radical (unpaired) electrons. The average molecular weight is 260 g/mol. The highest BCUT2D eigenvalue weighted by Gasteiger charge is 2.39. The summed E-state index contributed by atoms with van der Waals surface area (Å²) in [6.45, 7) is 1.44. The molecule has 0 saturated heterocycles. The van der Waals surface area contributed by atoms with E-state index in [0.29, 0.717) is 12.8 Å². The van der Waals surface area contributed by atoms with E-state index < -0.39 is 17.2 Å². The molecule has 0 heterocycles. The third kappa shape index (κ3) is 4.30. The Labute approximate surface area is 105 Å². The summed E-state index contributed by atoms with van der Waals surface area (Å²) >= 11 is 0. The van der Waals surface area contributed by atoms with Crippen LogP contribution in [-0.4, -0.2) is 24.9 Å². The van der Waals surface area contributed by atoms with Crippen LogP contribution >= 0.6 is 0 Å². The fraction of sp³-hybridized carbons (Fsp3) is 0.700. The summed E-state index contributed by atoms with van der Waals surface area (Å²) in [7, 11) is 1.30. The van der Waals surface area contributed by atoms with Gasteiger partial charge in [0.15, 0.2) is 0 Å². The summed E-state index contributed by atoms with van der Waals surface area (Å²) in [5.74, 6) is 8.49. The molecule has 0 fully saturated rings. The third-order valence-corrected chi connectivity index (χ3v) is 2.80. The van der Waals surface area contributed by atoms with Crippen molar-refractivity contribution >= 4 is 17.8 Å². The van der Waals surface area contributed by atoms with Crippen LogP contribution in [0.5, 0.6) is 0 Å². The zero-order valence-corrected chi connectivity index (χ0v) is 10.6. The Bertz CT molecular complexity index is 303. The number of methoxy groups -OCH3 is 1. The molecule has 0 aromatic heterocycles.